The molecule has 4 heteroatoms. The van der Waals surface area contributed by atoms with Crippen molar-refractivity contribution in [1.82, 2.24) is 0 Å². The van der Waals surface area contributed by atoms with Crippen molar-refractivity contribution in [3.63, 3.8) is 0 Å². The number of rotatable bonds is 3. The van der Waals surface area contributed by atoms with E-state index in [1.54, 1.807) is 24.3 Å². The van der Waals surface area contributed by atoms with E-state index >= 15 is 0 Å². The predicted octanol–water partition coefficient (Wildman–Crippen LogP) is 4.06. The van der Waals surface area contributed by atoms with E-state index in [0.29, 0.717) is 17.1 Å². The Morgan fingerprint density at radius 1 is 0.900 bits per heavy atom. The largest absolute Gasteiger partial charge is 0.457 e. The Morgan fingerprint density at radius 3 is 2.20 bits per heavy atom. The molecule has 0 spiro atoms. The summed E-state index contributed by atoms with van der Waals surface area (Å²) < 4.78 is 31.8. The average molecular weight is 275 g/mol. The van der Waals surface area contributed by atoms with E-state index in [1.165, 1.54) is 0 Å². The van der Waals surface area contributed by atoms with Gasteiger partial charge in [0.05, 0.1) is 5.54 Å². The summed E-state index contributed by atoms with van der Waals surface area (Å²) in [5.74, 6) is -1.34. The lowest BCUT2D eigenvalue weighted by atomic mass is 9.70. The lowest BCUT2D eigenvalue weighted by Gasteiger charge is -2.44. The first-order valence-corrected chi connectivity index (χ1v) is 6.47. The summed E-state index contributed by atoms with van der Waals surface area (Å²) in [6, 6.07) is 16.4. The molecule has 1 aliphatic rings. The number of benzene rings is 2. The molecular weight excluding hydrogens is 260 g/mol. The highest BCUT2D eigenvalue weighted by molar-refractivity contribution is 5.38. The lowest BCUT2D eigenvalue weighted by molar-refractivity contribution is -0.125. The lowest BCUT2D eigenvalue weighted by Crippen LogP contribution is -2.55. The molecule has 1 saturated carbocycles. The highest BCUT2D eigenvalue weighted by Gasteiger charge is 2.55. The van der Waals surface area contributed by atoms with Gasteiger partial charge in [0.15, 0.2) is 0 Å². The van der Waals surface area contributed by atoms with E-state index in [4.69, 9.17) is 10.5 Å². The van der Waals surface area contributed by atoms with Gasteiger partial charge in [-0.1, -0.05) is 30.3 Å². The minimum absolute atomic E-state index is 0.311. The first kappa shape index (κ1) is 13.1. The van der Waals surface area contributed by atoms with Crippen molar-refractivity contribution in [1.29, 1.82) is 0 Å². The first-order valence-electron chi connectivity index (χ1n) is 6.47. The van der Waals surface area contributed by atoms with Crippen LogP contribution in [-0.4, -0.2) is 5.92 Å². The predicted molar refractivity (Wildman–Crippen MR) is 73.0 cm³/mol. The molecule has 3 rings (SSSR count). The zero-order chi connectivity index (χ0) is 14.2. The number of halogens is 2. The summed E-state index contributed by atoms with van der Waals surface area (Å²) in [5, 5.41) is 0. The van der Waals surface area contributed by atoms with Crippen LogP contribution in [0.1, 0.15) is 18.4 Å². The molecule has 0 saturated heterocycles. The van der Waals surface area contributed by atoms with Crippen molar-refractivity contribution in [2.75, 3.05) is 0 Å². The summed E-state index contributed by atoms with van der Waals surface area (Å²) in [5.41, 5.74) is 5.77. The summed E-state index contributed by atoms with van der Waals surface area (Å²) in [6.45, 7) is 0. The number of ether oxygens (including phenoxy) is 1. The molecule has 0 radical (unpaired) electrons. The van der Waals surface area contributed by atoms with Crippen molar-refractivity contribution in [2.45, 2.75) is 24.3 Å². The van der Waals surface area contributed by atoms with Crippen LogP contribution in [0.25, 0.3) is 0 Å². The Morgan fingerprint density at radius 2 is 1.55 bits per heavy atom. The molecule has 2 N–H and O–H groups in total. The Labute approximate surface area is 116 Å². The van der Waals surface area contributed by atoms with Crippen LogP contribution in [0.2, 0.25) is 0 Å². The van der Waals surface area contributed by atoms with Crippen molar-refractivity contribution >= 4 is 0 Å². The first-order chi connectivity index (χ1) is 9.47. The van der Waals surface area contributed by atoms with Crippen LogP contribution in [0.5, 0.6) is 11.5 Å². The van der Waals surface area contributed by atoms with Crippen LogP contribution in [-0.2, 0) is 5.54 Å². The molecule has 20 heavy (non-hydrogen) atoms. The third-order valence-electron chi connectivity index (χ3n) is 3.54. The van der Waals surface area contributed by atoms with Crippen LogP contribution in [0.15, 0.2) is 54.6 Å². The fourth-order valence-corrected chi connectivity index (χ4v) is 2.57. The van der Waals surface area contributed by atoms with Gasteiger partial charge >= 0.3 is 0 Å². The summed E-state index contributed by atoms with van der Waals surface area (Å²) in [6.07, 6.45) is -0.621. The van der Waals surface area contributed by atoms with Crippen LogP contribution in [0.4, 0.5) is 8.78 Å². The fourth-order valence-electron chi connectivity index (χ4n) is 2.57. The number of alkyl halides is 2. The van der Waals surface area contributed by atoms with Crippen LogP contribution in [0.3, 0.4) is 0 Å². The van der Waals surface area contributed by atoms with Crippen molar-refractivity contribution in [3.05, 3.63) is 60.2 Å². The molecular formula is C16H15F2NO. The van der Waals surface area contributed by atoms with E-state index in [-0.39, 0.29) is 12.8 Å². The maximum Gasteiger partial charge on any atom is 0.252 e. The molecule has 0 amide bonds. The number of hydrogen-bond donors (Lipinski definition) is 1. The molecule has 2 aromatic carbocycles. The quantitative estimate of drug-likeness (QED) is 0.916. The third-order valence-corrected chi connectivity index (χ3v) is 3.54. The van der Waals surface area contributed by atoms with Gasteiger partial charge in [0, 0.05) is 12.8 Å². The van der Waals surface area contributed by atoms with Crippen molar-refractivity contribution < 1.29 is 13.5 Å². The van der Waals surface area contributed by atoms with Gasteiger partial charge in [0.2, 0.25) is 0 Å². The smallest absolute Gasteiger partial charge is 0.252 e. The molecule has 0 heterocycles. The van der Waals surface area contributed by atoms with E-state index in [0.717, 1.165) is 0 Å². The SMILES string of the molecule is NC1(c2cccc(Oc3ccccc3)c2)CC(F)(F)C1. The van der Waals surface area contributed by atoms with E-state index in [2.05, 4.69) is 0 Å². The Hall–Kier alpha value is -1.94. The molecule has 1 aliphatic carbocycles. The van der Waals surface area contributed by atoms with Crippen LogP contribution >= 0.6 is 0 Å². The molecule has 2 nitrogen and oxygen atoms in total. The standard InChI is InChI=1S/C16H15F2NO/c17-16(18)10-15(19,11-16)12-5-4-8-14(9-12)20-13-6-2-1-3-7-13/h1-9H,10-11,19H2. The van der Waals surface area contributed by atoms with Gasteiger partial charge in [0.25, 0.3) is 5.92 Å². The second-order valence-electron chi connectivity index (χ2n) is 5.31. The van der Waals surface area contributed by atoms with Crippen LogP contribution < -0.4 is 10.5 Å². The van der Waals surface area contributed by atoms with Crippen molar-refractivity contribution in [2.24, 2.45) is 5.73 Å². The Kier molecular flexibility index (Phi) is 2.98. The second kappa shape index (κ2) is 4.56. The minimum atomic E-state index is -2.65. The highest BCUT2D eigenvalue weighted by Crippen LogP contribution is 2.50. The molecule has 0 aliphatic heterocycles. The maximum absolute atomic E-state index is 13.1. The van der Waals surface area contributed by atoms with Gasteiger partial charge in [-0.05, 0) is 29.8 Å². The van der Waals surface area contributed by atoms with E-state index in [9.17, 15) is 8.78 Å². The fraction of sp³-hybridized carbons (Fsp3) is 0.250. The van der Waals surface area contributed by atoms with E-state index in [1.807, 2.05) is 30.3 Å². The molecule has 0 atom stereocenters. The Balaban J connectivity index is 1.80. The number of nitrogens with two attached hydrogens (primary N) is 1. The summed E-state index contributed by atoms with van der Waals surface area (Å²) >= 11 is 0. The zero-order valence-electron chi connectivity index (χ0n) is 10.9. The van der Waals surface area contributed by atoms with Gasteiger partial charge in [-0.25, -0.2) is 8.78 Å². The van der Waals surface area contributed by atoms with Gasteiger partial charge in [-0.2, -0.15) is 0 Å². The molecule has 0 bridgehead atoms. The summed E-state index contributed by atoms with van der Waals surface area (Å²) in [4.78, 5) is 0. The number of para-hydroxylation sites is 1. The molecule has 2 aromatic rings. The maximum atomic E-state index is 13.1. The van der Waals surface area contributed by atoms with Crippen molar-refractivity contribution in [3.8, 4) is 11.5 Å². The third kappa shape index (κ3) is 2.51. The zero-order valence-corrected chi connectivity index (χ0v) is 10.9. The monoisotopic (exact) mass is 275 g/mol. The van der Waals surface area contributed by atoms with Gasteiger partial charge in [-0.15, -0.1) is 0 Å². The van der Waals surface area contributed by atoms with E-state index < -0.39 is 11.5 Å². The molecule has 1 fully saturated rings. The molecule has 0 unspecified atom stereocenters. The highest BCUT2D eigenvalue weighted by atomic mass is 19.3. The molecule has 0 aromatic heterocycles. The second-order valence-corrected chi connectivity index (χ2v) is 5.31. The Bertz CT molecular complexity index is 605. The van der Waals surface area contributed by atoms with Gasteiger partial charge in [-0.3, -0.25) is 0 Å². The topological polar surface area (TPSA) is 35.2 Å². The number of hydrogen-bond acceptors (Lipinski definition) is 2. The van der Waals surface area contributed by atoms with Crippen LogP contribution in [0, 0.1) is 0 Å². The molecule has 104 valence electrons. The normalized spacial score (nSPS) is 19.1. The minimum Gasteiger partial charge on any atom is -0.457 e. The van der Waals surface area contributed by atoms with Gasteiger partial charge in [0.1, 0.15) is 11.5 Å². The van der Waals surface area contributed by atoms with Gasteiger partial charge < -0.3 is 10.5 Å². The average Bonchev–Trinajstić information content (AvgIpc) is 2.38. The summed E-state index contributed by atoms with van der Waals surface area (Å²) in [7, 11) is 0.